The van der Waals surface area contributed by atoms with Crippen molar-refractivity contribution in [2.75, 3.05) is 37.5 Å². The molecular weight excluding hydrogens is 422 g/mol. The third kappa shape index (κ3) is 4.84. The number of carbonyl (C=O) groups is 1. The third-order valence-electron chi connectivity index (χ3n) is 5.79. The molecule has 3 aromatic carbocycles. The van der Waals surface area contributed by atoms with Gasteiger partial charge in [-0.05, 0) is 42.0 Å². The second-order valence-corrected chi connectivity index (χ2v) is 9.86. The number of para-hydroxylation sites is 1. The molecule has 4 rings (SSSR count). The second-order valence-electron chi connectivity index (χ2n) is 7.89. The van der Waals surface area contributed by atoms with Crippen LogP contribution in [0.2, 0.25) is 0 Å². The van der Waals surface area contributed by atoms with E-state index in [1.54, 1.807) is 36.4 Å². The molecule has 0 aromatic heterocycles. The summed E-state index contributed by atoms with van der Waals surface area (Å²) < 4.78 is 27.1. The molecule has 0 aliphatic carbocycles. The van der Waals surface area contributed by atoms with Gasteiger partial charge in [0.25, 0.3) is 15.9 Å². The first kappa shape index (κ1) is 22.0. The molecular formula is C25H27N3O3S. The van der Waals surface area contributed by atoms with E-state index in [0.29, 0.717) is 24.3 Å². The highest BCUT2D eigenvalue weighted by Gasteiger charge is 2.24. The largest absolute Gasteiger partial charge is 0.336 e. The van der Waals surface area contributed by atoms with Crippen molar-refractivity contribution in [1.82, 2.24) is 9.80 Å². The van der Waals surface area contributed by atoms with Gasteiger partial charge in [0, 0.05) is 45.3 Å². The van der Waals surface area contributed by atoms with Crippen LogP contribution in [0.1, 0.15) is 15.9 Å². The average Bonchev–Trinajstić information content (AvgIpc) is 2.85. The fourth-order valence-electron chi connectivity index (χ4n) is 3.84. The highest BCUT2D eigenvalue weighted by Crippen LogP contribution is 2.22. The zero-order valence-electron chi connectivity index (χ0n) is 18.1. The Morgan fingerprint density at radius 2 is 1.38 bits per heavy atom. The summed E-state index contributed by atoms with van der Waals surface area (Å²) in [6.07, 6.45) is 0. The average molecular weight is 450 g/mol. The molecule has 7 heteroatoms. The molecule has 0 radical (unpaired) electrons. The van der Waals surface area contributed by atoms with Gasteiger partial charge in [0.05, 0.1) is 10.6 Å². The molecule has 166 valence electrons. The summed E-state index contributed by atoms with van der Waals surface area (Å²) in [5.74, 6) is -0.0651. The molecule has 1 heterocycles. The number of amides is 1. The first-order valence-corrected chi connectivity index (χ1v) is 12.1. The predicted molar refractivity (Wildman–Crippen MR) is 126 cm³/mol. The van der Waals surface area contributed by atoms with E-state index in [0.717, 1.165) is 19.6 Å². The van der Waals surface area contributed by atoms with E-state index in [9.17, 15) is 13.2 Å². The summed E-state index contributed by atoms with van der Waals surface area (Å²) in [7, 11) is -2.17. The molecule has 3 aromatic rings. The Balaban J connectivity index is 1.38. The zero-order chi connectivity index (χ0) is 22.6. The Morgan fingerprint density at radius 3 is 1.97 bits per heavy atom. The molecule has 6 nitrogen and oxygen atoms in total. The molecule has 1 aliphatic rings. The van der Waals surface area contributed by atoms with Crippen molar-refractivity contribution in [1.29, 1.82) is 0 Å². The predicted octanol–water partition coefficient (Wildman–Crippen LogP) is 3.47. The van der Waals surface area contributed by atoms with Crippen LogP contribution in [0.5, 0.6) is 0 Å². The molecule has 0 unspecified atom stereocenters. The summed E-state index contributed by atoms with van der Waals surface area (Å²) in [5.41, 5.74) is 2.35. The lowest BCUT2D eigenvalue weighted by atomic mass is 10.1. The van der Waals surface area contributed by atoms with Crippen LogP contribution >= 0.6 is 0 Å². The van der Waals surface area contributed by atoms with Gasteiger partial charge in [0.2, 0.25) is 0 Å². The first-order chi connectivity index (χ1) is 15.4. The summed E-state index contributed by atoms with van der Waals surface area (Å²) in [4.78, 5) is 17.3. The Bertz CT molecular complexity index is 1140. The van der Waals surface area contributed by atoms with Gasteiger partial charge in [-0.25, -0.2) is 8.42 Å². The lowest BCUT2D eigenvalue weighted by Crippen LogP contribution is -2.48. The number of hydrogen-bond acceptors (Lipinski definition) is 4. The van der Waals surface area contributed by atoms with Crippen LogP contribution in [0.15, 0.2) is 89.8 Å². The van der Waals surface area contributed by atoms with Crippen LogP contribution in [-0.2, 0) is 16.6 Å². The summed E-state index contributed by atoms with van der Waals surface area (Å²) >= 11 is 0. The van der Waals surface area contributed by atoms with E-state index in [2.05, 4.69) is 17.0 Å². The van der Waals surface area contributed by atoms with Crippen molar-refractivity contribution in [2.45, 2.75) is 11.4 Å². The Kier molecular flexibility index (Phi) is 6.58. The molecule has 0 N–H and O–H groups in total. The zero-order valence-corrected chi connectivity index (χ0v) is 18.9. The van der Waals surface area contributed by atoms with E-state index >= 15 is 0 Å². The third-order valence-corrected chi connectivity index (χ3v) is 7.59. The second kappa shape index (κ2) is 9.54. The Morgan fingerprint density at radius 1 is 0.812 bits per heavy atom. The number of anilines is 1. The lowest BCUT2D eigenvalue weighted by Gasteiger charge is -2.34. The van der Waals surface area contributed by atoms with Crippen LogP contribution in [0, 0.1) is 0 Å². The highest BCUT2D eigenvalue weighted by atomic mass is 32.2. The maximum atomic E-state index is 12.9. The lowest BCUT2D eigenvalue weighted by molar-refractivity contribution is 0.0628. The Hall–Kier alpha value is -3.16. The van der Waals surface area contributed by atoms with E-state index in [1.807, 2.05) is 29.2 Å². The highest BCUT2D eigenvalue weighted by molar-refractivity contribution is 7.92. The molecule has 1 saturated heterocycles. The molecule has 1 fully saturated rings. The van der Waals surface area contributed by atoms with Crippen molar-refractivity contribution in [3.05, 3.63) is 96.1 Å². The van der Waals surface area contributed by atoms with Gasteiger partial charge in [-0.1, -0.05) is 48.5 Å². The van der Waals surface area contributed by atoms with Gasteiger partial charge in [-0.15, -0.1) is 0 Å². The summed E-state index contributed by atoms with van der Waals surface area (Å²) in [6.45, 7) is 3.82. The molecule has 32 heavy (non-hydrogen) atoms. The maximum absolute atomic E-state index is 12.9. The molecule has 0 spiro atoms. The van der Waals surface area contributed by atoms with Gasteiger partial charge < -0.3 is 4.90 Å². The minimum atomic E-state index is -3.69. The van der Waals surface area contributed by atoms with Crippen LogP contribution in [0.25, 0.3) is 0 Å². The van der Waals surface area contributed by atoms with E-state index in [-0.39, 0.29) is 10.8 Å². The fourth-order valence-corrected chi connectivity index (χ4v) is 5.03. The number of piperazine rings is 1. The SMILES string of the molecule is CN(c1ccccc1)S(=O)(=O)c1ccc(C(=O)N2CCN(Cc3ccccc3)CC2)cc1. The van der Waals surface area contributed by atoms with Crippen molar-refractivity contribution in [3.63, 3.8) is 0 Å². The van der Waals surface area contributed by atoms with E-state index in [4.69, 9.17) is 0 Å². The number of hydrogen-bond donors (Lipinski definition) is 0. The molecule has 0 saturated carbocycles. The van der Waals surface area contributed by atoms with Crippen molar-refractivity contribution < 1.29 is 13.2 Å². The number of benzene rings is 3. The van der Waals surface area contributed by atoms with Crippen LogP contribution in [0.4, 0.5) is 5.69 Å². The van der Waals surface area contributed by atoms with Crippen LogP contribution in [-0.4, -0.2) is 57.4 Å². The topological polar surface area (TPSA) is 60.9 Å². The van der Waals surface area contributed by atoms with Crippen molar-refractivity contribution >= 4 is 21.6 Å². The summed E-state index contributed by atoms with van der Waals surface area (Å²) in [5, 5.41) is 0. The standard InChI is InChI=1S/C25H27N3O3S/c1-26(23-10-6-3-7-11-23)32(30,31)24-14-12-22(13-15-24)25(29)28-18-16-27(17-19-28)20-21-8-4-2-5-9-21/h2-15H,16-20H2,1H3. The minimum absolute atomic E-state index is 0.0651. The van der Waals surface area contributed by atoms with Gasteiger partial charge in [-0.2, -0.15) is 0 Å². The maximum Gasteiger partial charge on any atom is 0.264 e. The quantitative estimate of drug-likeness (QED) is 0.578. The van der Waals surface area contributed by atoms with E-state index < -0.39 is 10.0 Å². The van der Waals surface area contributed by atoms with Crippen molar-refractivity contribution in [3.8, 4) is 0 Å². The van der Waals surface area contributed by atoms with E-state index in [1.165, 1.54) is 29.0 Å². The number of rotatable bonds is 6. The number of sulfonamides is 1. The molecule has 1 aliphatic heterocycles. The summed E-state index contributed by atoms with van der Waals surface area (Å²) in [6, 6.07) is 25.4. The van der Waals surface area contributed by atoms with Gasteiger partial charge >= 0.3 is 0 Å². The smallest absolute Gasteiger partial charge is 0.264 e. The van der Waals surface area contributed by atoms with Crippen LogP contribution < -0.4 is 4.31 Å². The minimum Gasteiger partial charge on any atom is -0.336 e. The molecule has 0 bridgehead atoms. The Labute approximate surface area is 189 Å². The molecule has 1 amide bonds. The first-order valence-electron chi connectivity index (χ1n) is 10.6. The van der Waals surface area contributed by atoms with Crippen molar-refractivity contribution in [2.24, 2.45) is 0 Å². The van der Waals surface area contributed by atoms with Gasteiger partial charge in [0.1, 0.15) is 0 Å². The number of nitrogens with zero attached hydrogens (tertiary/aromatic N) is 3. The van der Waals surface area contributed by atoms with Gasteiger partial charge in [-0.3, -0.25) is 14.0 Å². The normalized spacial score (nSPS) is 14.8. The van der Waals surface area contributed by atoms with Gasteiger partial charge in [0.15, 0.2) is 0 Å². The van der Waals surface area contributed by atoms with Crippen LogP contribution in [0.3, 0.4) is 0 Å². The molecule has 0 atom stereocenters. The fraction of sp³-hybridized carbons (Fsp3) is 0.240. The monoisotopic (exact) mass is 449 g/mol. The number of carbonyl (C=O) groups excluding carboxylic acids is 1.